The van der Waals surface area contributed by atoms with E-state index in [0.29, 0.717) is 24.8 Å². The van der Waals surface area contributed by atoms with Crippen LogP contribution < -0.4 is 5.73 Å². The predicted octanol–water partition coefficient (Wildman–Crippen LogP) is 2.48. The Kier molecular flexibility index (Phi) is 4.20. The van der Waals surface area contributed by atoms with E-state index < -0.39 is 0 Å². The second kappa shape index (κ2) is 5.87. The first-order valence-corrected chi connectivity index (χ1v) is 6.25. The Bertz CT molecular complexity index is 366. The highest BCUT2D eigenvalue weighted by Crippen LogP contribution is 2.24. The number of hydrogen-bond acceptors (Lipinski definition) is 4. The molecule has 1 fully saturated rings. The number of furan rings is 1. The van der Waals surface area contributed by atoms with Gasteiger partial charge in [0, 0.05) is 0 Å². The highest BCUT2D eigenvalue weighted by molar-refractivity contribution is 5.86. The molecule has 0 aliphatic heterocycles. The first-order valence-electron chi connectivity index (χ1n) is 6.25. The molecular weight excluding hydrogens is 218 g/mol. The van der Waals surface area contributed by atoms with Crippen molar-refractivity contribution in [3.05, 3.63) is 23.7 Å². The van der Waals surface area contributed by atoms with Crippen LogP contribution in [0.4, 0.5) is 0 Å². The summed E-state index contributed by atoms with van der Waals surface area (Å²) >= 11 is 0. The van der Waals surface area contributed by atoms with Gasteiger partial charge in [0.1, 0.15) is 5.76 Å². The molecule has 0 unspecified atom stereocenters. The average Bonchev–Trinajstić information content (AvgIpc) is 2.86. The fraction of sp³-hybridized carbons (Fsp3) is 0.615. The normalized spacial score (nSPS) is 17.0. The lowest BCUT2D eigenvalue weighted by Crippen LogP contribution is -2.16. The minimum absolute atomic E-state index is 0.251. The summed E-state index contributed by atoms with van der Waals surface area (Å²) < 4.78 is 10.5. The SMILES string of the molecule is NCc1ccc(C(=O)OCC2CCCCC2)o1. The van der Waals surface area contributed by atoms with Gasteiger partial charge in [-0.2, -0.15) is 0 Å². The number of nitrogens with two attached hydrogens (primary N) is 1. The minimum atomic E-state index is -0.379. The zero-order valence-corrected chi connectivity index (χ0v) is 9.98. The highest BCUT2D eigenvalue weighted by Gasteiger charge is 2.17. The van der Waals surface area contributed by atoms with E-state index >= 15 is 0 Å². The largest absolute Gasteiger partial charge is 0.460 e. The summed E-state index contributed by atoms with van der Waals surface area (Å²) in [5.74, 6) is 1.00. The van der Waals surface area contributed by atoms with Gasteiger partial charge < -0.3 is 14.9 Å². The van der Waals surface area contributed by atoms with Crippen LogP contribution in [0.3, 0.4) is 0 Å². The fourth-order valence-electron chi connectivity index (χ4n) is 2.22. The predicted molar refractivity (Wildman–Crippen MR) is 63.5 cm³/mol. The Morgan fingerprint density at radius 2 is 2.12 bits per heavy atom. The Morgan fingerprint density at radius 3 is 2.76 bits per heavy atom. The van der Waals surface area contributed by atoms with E-state index in [2.05, 4.69) is 0 Å². The van der Waals surface area contributed by atoms with Gasteiger partial charge in [-0.25, -0.2) is 4.79 Å². The maximum Gasteiger partial charge on any atom is 0.374 e. The van der Waals surface area contributed by atoms with E-state index in [1.165, 1.54) is 32.1 Å². The van der Waals surface area contributed by atoms with Gasteiger partial charge in [0.2, 0.25) is 5.76 Å². The molecule has 4 heteroatoms. The molecular formula is C13H19NO3. The summed E-state index contributed by atoms with van der Waals surface area (Å²) in [7, 11) is 0. The van der Waals surface area contributed by atoms with Gasteiger partial charge in [0.15, 0.2) is 0 Å². The molecule has 4 nitrogen and oxygen atoms in total. The van der Waals surface area contributed by atoms with Crippen LogP contribution in [0, 0.1) is 5.92 Å². The van der Waals surface area contributed by atoms with E-state index in [4.69, 9.17) is 14.9 Å². The first kappa shape index (κ1) is 12.2. The van der Waals surface area contributed by atoms with Crippen molar-refractivity contribution < 1.29 is 13.9 Å². The summed E-state index contributed by atoms with van der Waals surface area (Å²) in [6.45, 7) is 0.813. The van der Waals surface area contributed by atoms with Crippen LogP contribution in [0.25, 0.3) is 0 Å². The first-order chi connectivity index (χ1) is 8.29. The van der Waals surface area contributed by atoms with Crippen LogP contribution in [0.5, 0.6) is 0 Å². The van der Waals surface area contributed by atoms with Crippen molar-refractivity contribution >= 4 is 5.97 Å². The summed E-state index contributed by atoms with van der Waals surface area (Å²) in [6, 6.07) is 3.32. The third kappa shape index (κ3) is 3.33. The van der Waals surface area contributed by atoms with E-state index in [1.54, 1.807) is 12.1 Å². The molecule has 0 atom stereocenters. The lowest BCUT2D eigenvalue weighted by atomic mass is 9.90. The fourth-order valence-corrected chi connectivity index (χ4v) is 2.22. The molecule has 0 spiro atoms. The highest BCUT2D eigenvalue weighted by atomic mass is 16.5. The van der Waals surface area contributed by atoms with Crippen molar-refractivity contribution in [1.29, 1.82) is 0 Å². The summed E-state index contributed by atoms with van der Waals surface area (Å²) in [4.78, 5) is 11.7. The lowest BCUT2D eigenvalue weighted by Gasteiger charge is -2.20. The van der Waals surface area contributed by atoms with Crippen molar-refractivity contribution in [2.75, 3.05) is 6.61 Å². The average molecular weight is 237 g/mol. The van der Waals surface area contributed by atoms with Gasteiger partial charge >= 0.3 is 5.97 Å². The van der Waals surface area contributed by atoms with Crippen LogP contribution >= 0.6 is 0 Å². The summed E-state index contributed by atoms with van der Waals surface area (Å²) in [5.41, 5.74) is 5.41. The zero-order chi connectivity index (χ0) is 12.1. The van der Waals surface area contributed by atoms with Crippen LogP contribution in [-0.4, -0.2) is 12.6 Å². The molecule has 1 aromatic heterocycles. The third-order valence-corrected chi connectivity index (χ3v) is 3.24. The Hall–Kier alpha value is -1.29. The van der Waals surface area contributed by atoms with E-state index in [9.17, 15) is 4.79 Å². The second-order valence-corrected chi connectivity index (χ2v) is 4.57. The molecule has 2 rings (SSSR count). The molecule has 0 saturated heterocycles. The van der Waals surface area contributed by atoms with Crippen molar-refractivity contribution in [2.24, 2.45) is 11.7 Å². The molecule has 94 valence electrons. The smallest absolute Gasteiger partial charge is 0.374 e. The van der Waals surface area contributed by atoms with Crippen LogP contribution in [-0.2, 0) is 11.3 Å². The number of rotatable bonds is 4. The molecule has 0 aromatic carbocycles. The maximum absolute atomic E-state index is 11.7. The summed E-state index contributed by atoms with van der Waals surface area (Å²) in [6.07, 6.45) is 6.14. The van der Waals surface area contributed by atoms with Crippen molar-refractivity contribution in [1.82, 2.24) is 0 Å². The van der Waals surface area contributed by atoms with E-state index in [1.807, 2.05) is 0 Å². The second-order valence-electron chi connectivity index (χ2n) is 4.57. The van der Waals surface area contributed by atoms with Crippen molar-refractivity contribution in [3.63, 3.8) is 0 Å². The van der Waals surface area contributed by atoms with Gasteiger partial charge in [0.25, 0.3) is 0 Å². The molecule has 0 bridgehead atoms. The number of esters is 1. The molecule has 1 heterocycles. The molecule has 1 saturated carbocycles. The van der Waals surface area contributed by atoms with Gasteiger partial charge in [-0.05, 0) is 30.9 Å². The molecule has 1 aromatic rings. The molecule has 0 radical (unpaired) electrons. The Balaban J connectivity index is 1.80. The summed E-state index contributed by atoms with van der Waals surface area (Å²) in [5, 5.41) is 0. The number of carbonyl (C=O) groups is 1. The van der Waals surface area contributed by atoms with Crippen LogP contribution in [0.1, 0.15) is 48.4 Å². The topological polar surface area (TPSA) is 65.5 Å². The zero-order valence-electron chi connectivity index (χ0n) is 9.98. The Labute approximate surface area is 101 Å². The van der Waals surface area contributed by atoms with Crippen molar-refractivity contribution in [2.45, 2.75) is 38.6 Å². The van der Waals surface area contributed by atoms with Gasteiger partial charge in [-0.15, -0.1) is 0 Å². The number of ether oxygens (including phenoxy) is 1. The quantitative estimate of drug-likeness (QED) is 0.817. The van der Waals surface area contributed by atoms with Gasteiger partial charge in [-0.3, -0.25) is 0 Å². The minimum Gasteiger partial charge on any atom is -0.460 e. The monoisotopic (exact) mass is 237 g/mol. The molecule has 17 heavy (non-hydrogen) atoms. The standard InChI is InChI=1S/C13H19NO3/c14-8-11-6-7-12(17-11)13(15)16-9-10-4-2-1-3-5-10/h6-7,10H,1-5,8-9,14H2. The third-order valence-electron chi connectivity index (χ3n) is 3.24. The van der Waals surface area contributed by atoms with Crippen LogP contribution in [0.15, 0.2) is 16.5 Å². The van der Waals surface area contributed by atoms with Gasteiger partial charge in [0.05, 0.1) is 13.2 Å². The van der Waals surface area contributed by atoms with Crippen molar-refractivity contribution in [3.8, 4) is 0 Å². The molecule has 1 aliphatic carbocycles. The molecule has 2 N–H and O–H groups in total. The lowest BCUT2D eigenvalue weighted by molar-refractivity contribution is 0.0373. The number of hydrogen-bond donors (Lipinski definition) is 1. The van der Waals surface area contributed by atoms with E-state index in [-0.39, 0.29) is 11.7 Å². The van der Waals surface area contributed by atoms with Gasteiger partial charge in [-0.1, -0.05) is 19.3 Å². The molecule has 0 amide bonds. The Morgan fingerprint density at radius 1 is 1.35 bits per heavy atom. The van der Waals surface area contributed by atoms with Crippen LogP contribution in [0.2, 0.25) is 0 Å². The maximum atomic E-state index is 11.7. The molecule has 1 aliphatic rings. The van der Waals surface area contributed by atoms with E-state index in [0.717, 1.165) is 0 Å². The number of carbonyl (C=O) groups excluding carboxylic acids is 1.